The summed E-state index contributed by atoms with van der Waals surface area (Å²) in [5.74, 6) is 0. The molecule has 0 radical (unpaired) electrons. The lowest BCUT2D eigenvalue weighted by Crippen LogP contribution is -1.79. The van der Waals surface area contributed by atoms with Crippen molar-refractivity contribution in [2.75, 3.05) is 0 Å². The van der Waals surface area contributed by atoms with Crippen LogP contribution in [-0.2, 0) is 0 Å². The maximum atomic E-state index is 6.77. The summed E-state index contributed by atoms with van der Waals surface area (Å²) in [7, 11) is 0. The number of hydrogen-bond acceptors (Lipinski definition) is 4. The molecular weight excluding hydrogens is 568 g/mol. The molecule has 0 saturated carbocycles. The Morgan fingerprint density at radius 3 is 1.17 bits per heavy atom. The van der Waals surface area contributed by atoms with Crippen molar-refractivity contribution in [3.05, 3.63) is 133 Å². The summed E-state index contributed by atoms with van der Waals surface area (Å²) in [6.07, 6.45) is 0. The molecule has 0 amide bonds. The van der Waals surface area contributed by atoms with Gasteiger partial charge >= 0.3 is 0 Å². The van der Waals surface area contributed by atoms with E-state index in [0.717, 1.165) is 110 Å². The zero-order chi connectivity index (χ0) is 29.9. The zero-order valence-corrected chi connectivity index (χ0v) is 24.3. The second-order valence-electron chi connectivity index (χ2n) is 12.0. The lowest BCUT2D eigenvalue weighted by Gasteiger charge is -2.03. The molecule has 4 aromatic heterocycles. The third-order valence-corrected chi connectivity index (χ3v) is 9.51. The summed E-state index contributed by atoms with van der Waals surface area (Å²) in [6.45, 7) is 0. The van der Waals surface area contributed by atoms with Crippen molar-refractivity contribution in [1.82, 2.24) is 0 Å². The average Bonchev–Trinajstić information content (AvgIpc) is 3.87. The van der Waals surface area contributed by atoms with Crippen LogP contribution < -0.4 is 0 Å². The molecule has 11 aromatic rings. The van der Waals surface area contributed by atoms with Gasteiger partial charge in [0.25, 0.3) is 0 Å². The van der Waals surface area contributed by atoms with Gasteiger partial charge in [-0.3, -0.25) is 0 Å². The monoisotopic (exact) mass is 590 g/mol. The zero-order valence-electron chi connectivity index (χ0n) is 24.3. The van der Waals surface area contributed by atoms with Crippen molar-refractivity contribution in [3.63, 3.8) is 0 Å². The van der Waals surface area contributed by atoms with Crippen LogP contribution in [0.1, 0.15) is 0 Å². The van der Waals surface area contributed by atoms with E-state index in [0.29, 0.717) is 0 Å². The summed E-state index contributed by atoms with van der Waals surface area (Å²) in [5, 5.41) is 8.59. The van der Waals surface area contributed by atoms with Gasteiger partial charge in [0.05, 0.1) is 0 Å². The van der Waals surface area contributed by atoms with E-state index in [-0.39, 0.29) is 0 Å². The fraction of sp³-hybridized carbons (Fsp3) is 0. The molecule has 0 spiro atoms. The fourth-order valence-corrected chi connectivity index (χ4v) is 7.35. The second-order valence-corrected chi connectivity index (χ2v) is 12.0. The third-order valence-electron chi connectivity index (χ3n) is 9.51. The van der Waals surface area contributed by atoms with E-state index in [1.165, 1.54) is 0 Å². The van der Waals surface area contributed by atoms with E-state index in [1.807, 2.05) is 36.4 Å². The molecule has 0 aliphatic heterocycles. The van der Waals surface area contributed by atoms with Crippen molar-refractivity contribution in [2.24, 2.45) is 0 Å². The maximum Gasteiger partial charge on any atom is 0.178 e. The Morgan fingerprint density at radius 1 is 0.261 bits per heavy atom. The van der Waals surface area contributed by atoms with Crippen LogP contribution in [0.15, 0.2) is 151 Å². The Balaban J connectivity index is 1.13. The third kappa shape index (κ3) is 3.17. The standard InChI is InChI=1S/C42H22O4/c1-3-13-35-27(7-1)33-21-23(15-19-37(33)43-35)25-9-5-11-29-31-17-18-32-30-12-6-10-26(40(30)46-42(32)41(31)45-39(25)29)24-16-20-38-34(22-24)28-8-2-4-14-36(28)44-38/h1-22H. The maximum absolute atomic E-state index is 6.77. The van der Waals surface area contributed by atoms with Crippen LogP contribution in [0.3, 0.4) is 0 Å². The summed E-state index contributed by atoms with van der Waals surface area (Å²) in [6, 6.07) is 46.1. The topological polar surface area (TPSA) is 52.6 Å². The molecule has 0 aliphatic carbocycles. The number of fused-ring (bicyclic) bond motifs is 13. The van der Waals surface area contributed by atoms with Gasteiger partial charge in [0.2, 0.25) is 0 Å². The van der Waals surface area contributed by atoms with E-state index in [9.17, 15) is 0 Å². The van der Waals surface area contributed by atoms with Gasteiger partial charge in [-0.2, -0.15) is 0 Å². The van der Waals surface area contributed by atoms with E-state index in [1.54, 1.807) is 0 Å². The van der Waals surface area contributed by atoms with Gasteiger partial charge in [-0.15, -0.1) is 0 Å². The highest BCUT2D eigenvalue weighted by molar-refractivity contribution is 6.22. The predicted molar refractivity (Wildman–Crippen MR) is 186 cm³/mol. The molecule has 46 heavy (non-hydrogen) atoms. The van der Waals surface area contributed by atoms with Gasteiger partial charge in [-0.25, -0.2) is 0 Å². The first-order valence-electron chi connectivity index (χ1n) is 15.4. The van der Waals surface area contributed by atoms with Crippen LogP contribution in [0.4, 0.5) is 0 Å². The predicted octanol–water partition coefficient (Wildman–Crippen LogP) is 12.6. The largest absolute Gasteiger partial charge is 0.456 e. The lowest BCUT2D eigenvalue weighted by molar-refractivity contribution is 0.634. The number of benzene rings is 7. The minimum atomic E-state index is 0.758. The van der Waals surface area contributed by atoms with Crippen molar-refractivity contribution < 1.29 is 17.7 Å². The second kappa shape index (κ2) is 8.68. The molecule has 4 nitrogen and oxygen atoms in total. The Morgan fingerprint density at radius 2 is 0.674 bits per heavy atom. The highest BCUT2D eigenvalue weighted by Crippen LogP contribution is 2.44. The van der Waals surface area contributed by atoms with Crippen LogP contribution >= 0.6 is 0 Å². The molecule has 0 atom stereocenters. The normalized spacial score (nSPS) is 12.3. The molecule has 4 heterocycles. The van der Waals surface area contributed by atoms with Crippen LogP contribution in [-0.4, -0.2) is 0 Å². The molecule has 0 N–H and O–H groups in total. The van der Waals surface area contributed by atoms with Crippen LogP contribution in [0.2, 0.25) is 0 Å². The molecular formula is C42H22O4. The Labute approximate surface area is 260 Å². The van der Waals surface area contributed by atoms with Crippen molar-refractivity contribution in [1.29, 1.82) is 0 Å². The molecule has 11 rings (SSSR count). The van der Waals surface area contributed by atoms with Gasteiger partial charge < -0.3 is 17.7 Å². The van der Waals surface area contributed by atoms with Gasteiger partial charge in [-0.1, -0.05) is 84.9 Å². The molecule has 0 aliphatic rings. The first kappa shape index (κ1) is 24.1. The van der Waals surface area contributed by atoms with Crippen molar-refractivity contribution >= 4 is 87.8 Å². The average molecular weight is 591 g/mol. The highest BCUT2D eigenvalue weighted by atomic mass is 16.4. The summed E-state index contributed by atoms with van der Waals surface area (Å²) in [4.78, 5) is 0. The van der Waals surface area contributed by atoms with E-state index in [2.05, 4.69) is 97.1 Å². The van der Waals surface area contributed by atoms with Crippen LogP contribution in [0.5, 0.6) is 0 Å². The Kier molecular flexibility index (Phi) is 4.55. The van der Waals surface area contributed by atoms with Crippen molar-refractivity contribution in [3.8, 4) is 22.3 Å². The summed E-state index contributed by atoms with van der Waals surface area (Å²) < 4.78 is 25.7. The molecule has 4 heteroatoms. The summed E-state index contributed by atoms with van der Waals surface area (Å²) >= 11 is 0. The molecule has 0 saturated heterocycles. The van der Waals surface area contributed by atoms with Gasteiger partial charge in [0.1, 0.15) is 33.5 Å². The van der Waals surface area contributed by atoms with Gasteiger partial charge in [0, 0.05) is 54.2 Å². The number of furan rings is 4. The Hall–Kier alpha value is -6.26. The first-order chi connectivity index (χ1) is 22.8. The minimum absolute atomic E-state index is 0.758. The van der Waals surface area contributed by atoms with E-state index in [4.69, 9.17) is 17.7 Å². The lowest BCUT2D eigenvalue weighted by atomic mass is 9.99. The molecule has 7 aromatic carbocycles. The first-order valence-corrected chi connectivity index (χ1v) is 15.4. The van der Waals surface area contributed by atoms with Crippen molar-refractivity contribution in [2.45, 2.75) is 0 Å². The number of hydrogen-bond donors (Lipinski definition) is 0. The smallest absolute Gasteiger partial charge is 0.178 e. The fourth-order valence-electron chi connectivity index (χ4n) is 7.35. The molecule has 0 bridgehead atoms. The Bertz CT molecular complexity index is 2830. The number of para-hydroxylation sites is 4. The molecule has 0 fully saturated rings. The van der Waals surface area contributed by atoms with Crippen LogP contribution in [0, 0.1) is 0 Å². The quantitative estimate of drug-likeness (QED) is 0.201. The van der Waals surface area contributed by atoms with E-state index >= 15 is 0 Å². The summed E-state index contributed by atoms with van der Waals surface area (Å²) in [5.41, 5.74) is 11.0. The van der Waals surface area contributed by atoms with Gasteiger partial charge in [0.15, 0.2) is 11.2 Å². The SMILES string of the molecule is c1ccc2c(c1)oc1ccc(-c3cccc4c3oc3c4ccc4c5cccc(-c6ccc7oc8ccccc8c7c6)c5oc43)cc12. The molecule has 0 unspecified atom stereocenters. The van der Waals surface area contributed by atoms with Crippen LogP contribution in [0.25, 0.3) is 110 Å². The highest BCUT2D eigenvalue weighted by Gasteiger charge is 2.20. The van der Waals surface area contributed by atoms with Gasteiger partial charge in [-0.05, 0) is 59.7 Å². The minimum Gasteiger partial charge on any atom is -0.456 e. The molecule has 214 valence electrons. The van der Waals surface area contributed by atoms with E-state index < -0.39 is 0 Å². The number of rotatable bonds is 2.